The maximum atomic E-state index is 12.1. The smallest absolute Gasteiger partial charge is 0.306 e. The summed E-state index contributed by atoms with van der Waals surface area (Å²) in [5.74, 6) is 0.597. The number of ether oxygens (including phenoxy) is 1. The Balaban J connectivity index is 1.89. The van der Waals surface area contributed by atoms with Gasteiger partial charge in [0.25, 0.3) is 0 Å². The van der Waals surface area contributed by atoms with Crippen LogP contribution in [-0.4, -0.2) is 29.6 Å². The molecule has 2 atom stereocenters. The van der Waals surface area contributed by atoms with Crippen LogP contribution in [0.5, 0.6) is 0 Å². The molecule has 1 aromatic carbocycles. The molecule has 126 valence electrons. The first-order chi connectivity index (χ1) is 10.9. The number of hydrogen-bond acceptors (Lipinski definition) is 3. The largest absolute Gasteiger partial charge is 0.460 e. The number of benzene rings is 1. The van der Waals surface area contributed by atoms with Gasteiger partial charge in [0.05, 0.1) is 0 Å². The van der Waals surface area contributed by atoms with E-state index in [4.69, 9.17) is 4.74 Å². The minimum absolute atomic E-state index is 0.0918. The van der Waals surface area contributed by atoms with Crippen LogP contribution in [0.25, 0.3) is 0 Å². The average molecular weight is 315 g/mol. The fourth-order valence-electron chi connectivity index (χ4n) is 3.20. The maximum absolute atomic E-state index is 12.1. The van der Waals surface area contributed by atoms with Gasteiger partial charge in [-0.25, -0.2) is 0 Å². The Kier molecular flexibility index (Phi) is 6.00. The molecule has 1 fully saturated rings. The normalized spacial score (nSPS) is 22.6. The van der Waals surface area contributed by atoms with E-state index < -0.39 is 5.60 Å². The van der Waals surface area contributed by atoms with Crippen LogP contribution in [0.2, 0.25) is 0 Å². The second kappa shape index (κ2) is 7.78. The van der Waals surface area contributed by atoms with Crippen LogP contribution < -0.4 is 0 Å². The van der Waals surface area contributed by atoms with E-state index in [1.165, 1.54) is 5.56 Å². The van der Waals surface area contributed by atoms with Crippen molar-refractivity contribution in [2.24, 2.45) is 11.8 Å². The van der Waals surface area contributed by atoms with Gasteiger partial charge in [-0.05, 0) is 51.1 Å². The minimum Gasteiger partial charge on any atom is -0.460 e. The van der Waals surface area contributed by atoms with E-state index in [0.29, 0.717) is 18.3 Å². The number of carbonyl (C=O) groups excluding carboxylic acids is 1. The van der Waals surface area contributed by atoms with E-state index in [-0.39, 0.29) is 5.97 Å². The van der Waals surface area contributed by atoms with Crippen molar-refractivity contribution in [2.75, 3.05) is 13.1 Å². The quantitative estimate of drug-likeness (QED) is 0.606. The number of piperidine rings is 1. The van der Waals surface area contributed by atoms with E-state index in [9.17, 15) is 4.79 Å². The van der Waals surface area contributed by atoms with E-state index in [1.807, 2.05) is 32.9 Å². The molecule has 3 heteroatoms. The Morgan fingerprint density at radius 3 is 2.65 bits per heavy atom. The summed E-state index contributed by atoms with van der Waals surface area (Å²) in [6.07, 6.45) is 3.52. The third-order valence-electron chi connectivity index (χ3n) is 4.29. The molecule has 0 aromatic heterocycles. The van der Waals surface area contributed by atoms with Crippen molar-refractivity contribution in [1.82, 2.24) is 4.90 Å². The lowest BCUT2D eigenvalue weighted by Gasteiger charge is -2.37. The summed E-state index contributed by atoms with van der Waals surface area (Å²) in [6, 6.07) is 10.5. The van der Waals surface area contributed by atoms with Gasteiger partial charge in [-0.2, -0.15) is 0 Å². The molecule has 1 saturated heterocycles. The van der Waals surface area contributed by atoms with E-state index >= 15 is 0 Å². The fraction of sp³-hybridized carbons (Fsp3) is 0.550. The topological polar surface area (TPSA) is 29.5 Å². The Morgan fingerprint density at radius 1 is 1.35 bits per heavy atom. The Bertz CT molecular complexity index is 518. The SMILES string of the molecule is C=C[C@H]1CN(Cc2ccccc2)CC[C@@H]1CC(=O)OC(C)(C)C. The molecule has 0 amide bonds. The Labute approximate surface area is 140 Å². The first kappa shape index (κ1) is 17.7. The lowest BCUT2D eigenvalue weighted by atomic mass is 9.83. The van der Waals surface area contributed by atoms with Crippen molar-refractivity contribution < 1.29 is 9.53 Å². The van der Waals surface area contributed by atoms with Crippen molar-refractivity contribution in [3.8, 4) is 0 Å². The molecule has 0 radical (unpaired) electrons. The zero-order chi connectivity index (χ0) is 16.9. The molecule has 0 saturated carbocycles. The summed E-state index contributed by atoms with van der Waals surface area (Å²) < 4.78 is 5.47. The van der Waals surface area contributed by atoms with Crippen LogP contribution >= 0.6 is 0 Å². The van der Waals surface area contributed by atoms with Crippen LogP contribution in [-0.2, 0) is 16.1 Å². The summed E-state index contributed by atoms with van der Waals surface area (Å²) in [7, 11) is 0. The van der Waals surface area contributed by atoms with Gasteiger partial charge >= 0.3 is 5.97 Å². The van der Waals surface area contributed by atoms with Crippen LogP contribution in [0.4, 0.5) is 0 Å². The van der Waals surface area contributed by atoms with Gasteiger partial charge in [0.2, 0.25) is 0 Å². The summed E-state index contributed by atoms with van der Waals surface area (Å²) >= 11 is 0. The highest BCUT2D eigenvalue weighted by Gasteiger charge is 2.30. The highest BCUT2D eigenvalue weighted by Crippen LogP contribution is 2.29. The monoisotopic (exact) mass is 315 g/mol. The molecule has 0 unspecified atom stereocenters. The van der Waals surface area contributed by atoms with E-state index in [0.717, 1.165) is 26.1 Å². The summed E-state index contributed by atoms with van der Waals surface area (Å²) in [6.45, 7) is 12.7. The zero-order valence-corrected chi connectivity index (χ0v) is 14.6. The third kappa shape index (κ3) is 5.83. The van der Waals surface area contributed by atoms with Gasteiger partial charge in [0.15, 0.2) is 0 Å². The molecule has 0 bridgehead atoms. The first-order valence-corrected chi connectivity index (χ1v) is 8.48. The van der Waals surface area contributed by atoms with Crippen LogP contribution in [0.3, 0.4) is 0 Å². The van der Waals surface area contributed by atoms with Gasteiger partial charge in [-0.1, -0.05) is 36.4 Å². The Morgan fingerprint density at radius 2 is 2.04 bits per heavy atom. The zero-order valence-electron chi connectivity index (χ0n) is 14.6. The molecular weight excluding hydrogens is 286 g/mol. The molecular formula is C20H29NO2. The molecule has 0 spiro atoms. The van der Waals surface area contributed by atoms with Crippen LogP contribution in [0, 0.1) is 11.8 Å². The van der Waals surface area contributed by atoms with Crippen LogP contribution in [0.1, 0.15) is 39.2 Å². The van der Waals surface area contributed by atoms with Gasteiger partial charge in [0.1, 0.15) is 5.60 Å². The highest BCUT2D eigenvalue weighted by atomic mass is 16.6. The van der Waals surface area contributed by atoms with Crippen molar-refractivity contribution in [3.05, 3.63) is 48.6 Å². The second-order valence-corrected chi connectivity index (χ2v) is 7.46. The number of carbonyl (C=O) groups is 1. The molecule has 1 aliphatic heterocycles. The standard InChI is InChI=1S/C20H29NO2/c1-5-17-15-21(14-16-9-7-6-8-10-16)12-11-18(17)13-19(22)23-20(2,3)4/h5-10,17-18H,1,11-15H2,2-4H3/t17-,18+/m0/s1. The summed E-state index contributed by atoms with van der Waals surface area (Å²) in [4.78, 5) is 14.5. The number of rotatable bonds is 5. The first-order valence-electron chi connectivity index (χ1n) is 8.48. The number of esters is 1. The van der Waals surface area contributed by atoms with Gasteiger partial charge in [0, 0.05) is 19.5 Å². The number of nitrogens with zero attached hydrogens (tertiary/aromatic N) is 1. The molecule has 1 aliphatic rings. The van der Waals surface area contributed by atoms with Crippen molar-refractivity contribution >= 4 is 5.97 Å². The van der Waals surface area contributed by atoms with E-state index in [1.54, 1.807) is 0 Å². The fourth-order valence-corrected chi connectivity index (χ4v) is 3.20. The molecule has 23 heavy (non-hydrogen) atoms. The molecule has 1 aromatic rings. The van der Waals surface area contributed by atoms with Crippen molar-refractivity contribution in [2.45, 2.75) is 45.8 Å². The average Bonchev–Trinajstić information content (AvgIpc) is 2.48. The van der Waals surface area contributed by atoms with E-state index in [2.05, 4.69) is 35.7 Å². The second-order valence-electron chi connectivity index (χ2n) is 7.46. The third-order valence-corrected chi connectivity index (χ3v) is 4.29. The molecule has 2 rings (SSSR count). The number of hydrogen-bond donors (Lipinski definition) is 0. The molecule has 0 aliphatic carbocycles. The minimum atomic E-state index is -0.408. The molecule has 1 heterocycles. The van der Waals surface area contributed by atoms with Crippen LogP contribution in [0.15, 0.2) is 43.0 Å². The molecule has 3 nitrogen and oxygen atoms in total. The van der Waals surface area contributed by atoms with Gasteiger partial charge in [-0.15, -0.1) is 6.58 Å². The maximum Gasteiger partial charge on any atom is 0.306 e. The van der Waals surface area contributed by atoms with Crippen molar-refractivity contribution in [3.63, 3.8) is 0 Å². The lowest BCUT2D eigenvalue weighted by Crippen LogP contribution is -2.40. The van der Waals surface area contributed by atoms with Gasteiger partial charge < -0.3 is 4.74 Å². The predicted octanol–water partition coefficient (Wildman–Crippen LogP) is 4.04. The molecule has 0 N–H and O–H groups in total. The summed E-state index contributed by atoms with van der Waals surface area (Å²) in [5, 5.41) is 0. The van der Waals surface area contributed by atoms with Crippen molar-refractivity contribution in [1.29, 1.82) is 0 Å². The van der Waals surface area contributed by atoms with Gasteiger partial charge in [-0.3, -0.25) is 9.69 Å². The number of likely N-dealkylation sites (tertiary alicyclic amines) is 1. The highest BCUT2D eigenvalue weighted by molar-refractivity contribution is 5.70. The Hall–Kier alpha value is -1.61. The lowest BCUT2D eigenvalue weighted by molar-refractivity contribution is -0.156. The predicted molar refractivity (Wildman–Crippen MR) is 94.0 cm³/mol. The summed E-state index contributed by atoms with van der Waals surface area (Å²) in [5.41, 5.74) is 0.926.